The Hall–Kier alpha value is -1.36. The third-order valence-corrected chi connectivity index (χ3v) is 2.61. The van der Waals surface area contributed by atoms with Crippen molar-refractivity contribution in [3.8, 4) is 0 Å². The molecule has 18 heavy (non-hydrogen) atoms. The number of methoxy groups -OCH3 is 1. The fourth-order valence-electron chi connectivity index (χ4n) is 1.68. The molecule has 0 saturated heterocycles. The van der Waals surface area contributed by atoms with Crippen molar-refractivity contribution >= 4 is 5.82 Å². The lowest BCUT2D eigenvalue weighted by Crippen LogP contribution is -2.29. The van der Waals surface area contributed by atoms with Gasteiger partial charge in [-0.1, -0.05) is 13.8 Å². The van der Waals surface area contributed by atoms with E-state index in [0.717, 1.165) is 6.42 Å². The maximum absolute atomic E-state index is 12.1. The number of aromatic nitrogens is 2. The van der Waals surface area contributed by atoms with Gasteiger partial charge in [-0.15, -0.1) is 0 Å². The Balaban J connectivity index is 2.74. The first kappa shape index (κ1) is 14.7. The van der Waals surface area contributed by atoms with E-state index in [9.17, 15) is 4.79 Å². The predicted molar refractivity (Wildman–Crippen MR) is 72.9 cm³/mol. The van der Waals surface area contributed by atoms with Crippen molar-refractivity contribution in [2.45, 2.75) is 39.8 Å². The van der Waals surface area contributed by atoms with Gasteiger partial charge in [-0.2, -0.15) is 0 Å². The van der Waals surface area contributed by atoms with Crippen LogP contribution in [0, 0.1) is 5.92 Å². The normalized spacial score (nSPS) is 12.7. The van der Waals surface area contributed by atoms with Crippen molar-refractivity contribution < 1.29 is 4.74 Å². The van der Waals surface area contributed by atoms with E-state index < -0.39 is 0 Å². The zero-order chi connectivity index (χ0) is 13.5. The minimum absolute atomic E-state index is 0.0598. The van der Waals surface area contributed by atoms with Crippen molar-refractivity contribution in [1.29, 1.82) is 0 Å². The average Bonchev–Trinajstić information content (AvgIpc) is 2.31. The van der Waals surface area contributed by atoms with Crippen LogP contribution in [0.4, 0.5) is 5.82 Å². The molecule has 0 aromatic carbocycles. The van der Waals surface area contributed by atoms with Gasteiger partial charge in [0.15, 0.2) is 5.82 Å². The van der Waals surface area contributed by atoms with E-state index in [-0.39, 0.29) is 11.6 Å². The zero-order valence-electron chi connectivity index (χ0n) is 11.6. The topological polar surface area (TPSA) is 56.1 Å². The summed E-state index contributed by atoms with van der Waals surface area (Å²) in [5.74, 6) is 0.852. The van der Waals surface area contributed by atoms with Gasteiger partial charge in [-0.25, -0.2) is 4.98 Å². The second kappa shape index (κ2) is 7.16. The molecule has 1 atom stereocenters. The molecule has 0 fully saturated rings. The van der Waals surface area contributed by atoms with Crippen LogP contribution in [-0.2, 0) is 11.3 Å². The minimum atomic E-state index is -0.0598. The summed E-state index contributed by atoms with van der Waals surface area (Å²) in [6, 6.07) is 0.167. The predicted octanol–water partition coefficient (Wildman–Crippen LogP) is 1.74. The third-order valence-electron chi connectivity index (χ3n) is 2.61. The van der Waals surface area contributed by atoms with Crippen molar-refractivity contribution in [1.82, 2.24) is 9.55 Å². The van der Waals surface area contributed by atoms with Gasteiger partial charge in [-0.05, 0) is 19.3 Å². The quantitative estimate of drug-likeness (QED) is 0.804. The molecule has 1 N–H and O–H groups in total. The first-order valence-corrected chi connectivity index (χ1v) is 6.35. The summed E-state index contributed by atoms with van der Waals surface area (Å²) in [6.07, 6.45) is 4.24. The van der Waals surface area contributed by atoms with Crippen LogP contribution in [0.5, 0.6) is 0 Å². The molecule has 0 aliphatic heterocycles. The summed E-state index contributed by atoms with van der Waals surface area (Å²) in [5, 5.41) is 3.13. The fraction of sp³-hybridized carbons (Fsp3) is 0.692. The lowest BCUT2D eigenvalue weighted by molar-refractivity contribution is 0.191. The molecule has 0 bridgehead atoms. The molecule has 0 aliphatic rings. The molecule has 0 spiro atoms. The van der Waals surface area contributed by atoms with Crippen LogP contribution in [0.2, 0.25) is 0 Å². The first-order chi connectivity index (χ1) is 8.54. The van der Waals surface area contributed by atoms with Gasteiger partial charge in [0.25, 0.3) is 5.56 Å². The monoisotopic (exact) mass is 253 g/mol. The zero-order valence-corrected chi connectivity index (χ0v) is 11.6. The van der Waals surface area contributed by atoms with Crippen LogP contribution in [0.15, 0.2) is 17.2 Å². The Morgan fingerprint density at radius 1 is 1.44 bits per heavy atom. The van der Waals surface area contributed by atoms with Crippen LogP contribution >= 0.6 is 0 Å². The van der Waals surface area contributed by atoms with Gasteiger partial charge in [0.1, 0.15) is 0 Å². The molecule has 102 valence electrons. The highest BCUT2D eigenvalue weighted by atomic mass is 16.5. The highest BCUT2D eigenvalue weighted by Gasteiger charge is 2.09. The van der Waals surface area contributed by atoms with E-state index in [2.05, 4.69) is 24.1 Å². The van der Waals surface area contributed by atoms with Crippen molar-refractivity contribution in [2.24, 2.45) is 5.92 Å². The number of anilines is 1. The number of rotatable bonds is 7. The molecule has 5 nitrogen and oxygen atoms in total. The highest BCUT2D eigenvalue weighted by molar-refractivity contribution is 5.31. The number of nitrogens with one attached hydrogen (secondary N) is 1. The lowest BCUT2D eigenvalue weighted by Gasteiger charge is -2.15. The van der Waals surface area contributed by atoms with Crippen molar-refractivity contribution in [3.63, 3.8) is 0 Å². The van der Waals surface area contributed by atoms with Crippen LogP contribution in [0.1, 0.15) is 27.2 Å². The molecule has 0 saturated carbocycles. The largest absolute Gasteiger partial charge is 0.385 e. The average molecular weight is 253 g/mol. The van der Waals surface area contributed by atoms with E-state index in [4.69, 9.17) is 4.74 Å². The number of hydrogen-bond donors (Lipinski definition) is 1. The molecule has 1 rings (SSSR count). The Labute approximate surface area is 108 Å². The molecular formula is C13H23N3O2. The summed E-state index contributed by atoms with van der Waals surface area (Å²) in [7, 11) is 1.67. The van der Waals surface area contributed by atoms with E-state index in [1.165, 1.54) is 0 Å². The molecular weight excluding hydrogens is 230 g/mol. The second-order valence-electron chi connectivity index (χ2n) is 4.95. The van der Waals surface area contributed by atoms with Crippen LogP contribution in [-0.4, -0.2) is 29.3 Å². The summed E-state index contributed by atoms with van der Waals surface area (Å²) < 4.78 is 6.71. The van der Waals surface area contributed by atoms with E-state index in [1.807, 2.05) is 6.92 Å². The first-order valence-electron chi connectivity index (χ1n) is 6.35. The number of nitrogens with zero attached hydrogens (tertiary/aromatic N) is 2. The summed E-state index contributed by atoms with van der Waals surface area (Å²) >= 11 is 0. The van der Waals surface area contributed by atoms with Gasteiger partial charge in [0, 0.05) is 38.7 Å². The summed E-state index contributed by atoms with van der Waals surface area (Å²) in [5.41, 5.74) is -0.0598. The van der Waals surface area contributed by atoms with E-state index in [0.29, 0.717) is 24.9 Å². The molecule has 5 heteroatoms. The third kappa shape index (κ3) is 4.49. The Bertz CT molecular complexity index is 415. The molecule has 0 amide bonds. The van der Waals surface area contributed by atoms with Gasteiger partial charge in [0.2, 0.25) is 0 Å². The Kier molecular flexibility index (Phi) is 5.85. The lowest BCUT2D eigenvalue weighted by atomic mass is 10.2. The van der Waals surface area contributed by atoms with Gasteiger partial charge in [-0.3, -0.25) is 4.79 Å². The van der Waals surface area contributed by atoms with Gasteiger partial charge in [0.05, 0.1) is 0 Å². The van der Waals surface area contributed by atoms with Crippen LogP contribution in [0.25, 0.3) is 0 Å². The maximum atomic E-state index is 12.1. The van der Waals surface area contributed by atoms with Gasteiger partial charge >= 0.3 is 0 Å². The van der Waals surface area contributed by atoms with E-state index in [1.54, 1.807) is 24.1 Å². The van der Waals surface area contributed by atoms with Crippen LogP contribution in [0.3, 0.4) is 0 Å². The van der Waals surface area contributed by atoms with Crippen molar-refractivity contribution in [2.75, 3.05) is 19.0 Å². The second-order valence-corrected chi connectivity index (χ2v) is 4.95. The summed E-state index contributed by atoms with van der Waals surface area (Å²) in [6.45, 7) is 7.56. The molecule has 1 unspecified atom stereocenters. The van der Waals surface area contributed by atoms with Crippen molar-refractivity contribution in [3.05, 3.63) is 22.7 Å². The Morgan fingerprint density at radius 2 is 2.17 bits per heavy atom. The van der Waals surface area contributed by atoms with E-state index >= 15 is 0 Å². The smallest absolute Gasteiger partial charge is 0.293 e. The molecule has 1 heterocycles. The number of ether oxygens (including phenoxy) is 1. The maximum Gasteiger partial charge on any atom is 0.293 e. The standard InChI is InChI=1S/C13H23N3O2/c1-10(2)9-16-7-6-14-12(13(16)17)15-11(3)5-8-18-4/h6-7,10-11H,5,8-9H2,1-4H3,(H,14,15). The van der Waals surface area contributed by atoms with Gasteiger partial charge < -0.3 is 14.6 Å². The van der Waals surface area contributed by atoms with Crippen LogP contribution < -0.4 is 10.9 Å². The molecule has 1 aromatic rings. The molecule has 1 aromatic heterocycles. The highest BCUT2D eigenvalue weighted by Crippen LogP contribution is 2.02. The molecule has 0 aliphatic carbocycles. The summed E-state index contributed by atoms with van der Waals surface area (Å²) in [4.78, 5) is 16.2. The minimum Gasteiger partial charge on any atom is -0.385 e. The Morgan fingerprint density at radius 3 is 2.78 bits per heavy atom. The SMILES string of the molecule is COCCC(C)Nc1nccn(CC(C)C)c1=O. The molecule has 0 radical (unpaired) electrons. The number of hydrogen-bond acceptors (Lipinski definition) is 4. The fourth-order valence-corrected chi connectivity index (χ4v) is 1.68.